The molecule has 100 valence electrons. The first-order valence-corrected chi connectivity index (χ1v) is 5.13. The second-order valence-electron chi connectivity index (χ2n) is 3.47. The van der Waals surface area contributed by atoms with E-state index in [0.29, 0.717) is 12.1 Å². The molecule has 7 heteroatoms. The van der Waals surface area contributed by atoms with Crippen LogP contribution < -0.4 is 5.73 Å². The van der Waals surface area contributed by atoms with E-state index in [1.807, 2.05) is 0 Å². The Kier molecular flexibility index (Phi) is 4.55. The molecule has 18 heavy (non-hydrogen) atoms. The van der Waals surface area contributed by atoms with Gasteiger partial charge in [0.05, 0.1) is 18.2 Å². The number of esters is 1. The largest absolute Gasteiger partial charge is 0.505 e. The van der Waals surface area contributed by atoms with Crippen LogP contribution in [-0.2, 0) is 9.53 Å². The molecule has 0 amide bonds. The highest BCUT2D eigenvalue weighted by molar-refractivity contribution is 5.76. The molecule has 2 atom stereocenters. The van der Waals surface area contributed by atoms with Crippen molar-refractivity contribution in [2.45, 2.75) is 19.1 Å². The zero-order valence-corrected chi connectivity index (χ0v) is 9.49. The number of carbonyl (C=O) groups is 1. The maximum atomic E-state index is 13.6. The molecular weight excluding hydrogens is 251 g/mol. The molecule has 0 fully saturated rings. The minimum atomic E-state index is -2.40. The fourth-order valence-electron chi connectivity index (χ4n) is 1.39. The number of rotatable bonds is 4. The Labute approximate surface area is 101 Å². The second kappa shape index (κ2) is 5.72. The van der Waals surface area contributed by atoms with E-state index in [1.54, 1.807) is 0 Å². The number of carbonyl (C=O) groups excluding carboxylic acids is 1. The Balaban J connectivity index is 3.07. The van der Waals surface area contributed by atoms with Gasteiger partial charge in [-0.15, -0.1) is 0 Å². The van der Waals surface area contributed by atoms with Crippen molar-refractivity contribution in [2.75, 3.05) is 6.61 Å². The van der Waals surface area contributed by atoms with E-state index < -0.39 is 41.1 Å². The molecule has 0 aliphatic rings. The fraction of sp³-hybridized carbons (Fsp3) is 0.364. The van der Waals surface area contributed by atoms with Gasteiger partial charge in [-0.2, -0.15) is 0 Å². The van der Waals surface area contributed by atoms with Crippen molar-refractivity contribution >= 4 is 5.97 Å². The number of phenols is 1. The van der Waals surface area contributed by atoms with Gasteiger partial charge in [-0.1, -0.05) is 0 Å². The van der Waals surface area contributed by atoms with E-state index in [9.17, 15) is 23.1 Å². The predicted octanol–water partition coefficient (Wildman–Crippen LogP) is 1.57. The summed E-state index contributed by atoms with van der Waals surface area (Å²) in [5.74, 6) is -4.67. The van der Waals surface area contributed by atoms with E-state index >= 15 is 0 Å². The Bertz CT molecular complexity index is 453. The van der Waals surface area contributed by atoms with Gasteiger partial charge in [0.25, 0.3) is 0 Å². The number of nitrogens with two attached hydrogens (primary N) is 1. The van der Waals surface area contributed by atoms with Crippen LogP contribution in [-0.4, -0.2) is 23.9 Å². The van der Waals surface area contributed by atoms with Crippen molar-refractivity contribution in [2.24, 2.45) is 5.73 Å². The molecule has 4 nitrogen and oxygen atoms in total. The van der Waals surface area contributed by atoms with Crippen LogP contribution in [0.4, 0.5) is 13.2 Å². The van der Waals surface area contributed by atoms with Gasteiger partial charge in [0, 0.05) is 0 Å². The zero-order chi connectivity index (χ0) is 13.9. The standard InChI is InChI=1S/C11H12F3NO3/c1-2-18-11(17)8(14)9(15)7-5(12)3-4-6(13)10(7)16/h3-4,8-9,16H,2,15H2,1H3/t8?,9-/m0/s1. The highest BCUT2D eigenvalue weighted by Crippen LogP contribution is 2.31. The van der Waals surface area contributed by atoms with Crippen molar-refractivity contribution in [3.63, 3.8) is 0 Å². The Morgan fingerprint density at radius 2 is 2.00 bits per heavy atom. The first-order chi connectivity index (χ1) is 8.40. The van der Waals surface area contributed by atoms with Gasteiger partial charge in [0.15, 0.2) is 11.6 Å². The smallest absolute Gasteiger partial charge is 0.342 e. The Hall–Kier alpha value is -1.76. The van der Waals surface area contributed by atoms with Crippen LogP contribution in [0.5, 0.6) is 5.75 Å². The van der Waals surface area contributed by atoms with Gasteiger partial charge in [0.1, 0.15) is 5.82 Å². The number of aromatic hydroxyl groups is 1. The number of hydrogen-bond donors (Lipinski definition) is 2. The third-order valence-corrected chi connectivity index (χ3v) is 2.28. The molecule has 0 spiro atoms. The van der Waals surface area contributed by atoms with E-state index in [0.717, 1.165) is 0 Å². The number of benzene rings is 1. The topological polar surface area (TPSA) is 72.5 Å². The summed E-state index contributed by atoms with van der Waals surface area (Å²) in [7, 11) is 0. The molecule has 1 aromatic carbocycles. The number of ether oxygens (including phenoxy) is 1. The molecule has 0 aliphatic heterocycles. The molecule has 0 saturated carbocycles. The lowest BCUT2D eigenvalue weighted by Gasteiger charge is -2.17. The van der Waals surface area contributed by atoms with Crippen LogP contribution in [0.15, 0.2) is 12.1 Å². The van der Waals surface area contributed by atoms with Crippen molar-refractivity contribution in [3.8, 4) is 5.75 Å². The maximum absolute atomic E-state index is 13.6. The average molecular weight is 263 g/mol. The molecule has 1 rings (SSSR count). The van der Waals surface area contributed by atoms with Crippen LogP contribution in [0.3, 0.4) is 0 Å². The van der Waals surface area contributed by atoms with Crippen LogP contribution in [0, 0.1) is 11.6 Å². The minimum Gasteiger partial charge on any atom is -0.505 e. The number of alkyl halides is 1. The van der Waals surface area contributed by atoms with Gasteiger partial charge >= 0.3 is 5.97 Å². The maximum Gasteiger partial charge on any atom is 0.342 e. The third-order valence-electron chi connectivity index (χ3n) is 2.28. The zero-order valence-electron chi connectivity index (χ0n) is 9.49. The van der Waals surface area contributed by atoms with Crippen molar-refractivity contribution in [1.82, 2.24) is 0 Å². The molecule has 1 aromatic rings. The molecule has 0 aliphatic carbocycles. The minimum absolute atomic E-state index is 0.0798. The molecule has 0 radical (unpaired) electrons. The van der Waals surface area contributed by atoms with Gasteiger partial charge in [0.2, 0.25) is 6.17 Å². The SMILES string of the molecule is CCOC(=O)C(F)[C@@H](N)c1c(F)ccc(F)c1O. The highest BCUT2D eigenvalue weighted by Gasteiger charge is 2.32. The molecule has 0 saturated heterocycles. The van der Waals surface area contributed by atoms with Crippen molar-refractivity contribution in [3.05, 3.63) is 29.3 Å². The molecule has 0 bridgehead atoms. The fourth-order valence-corrected chi connectivity index (χ4v) is 1.39. The predicted molar refractivity (Wildman–Crippen MR) is 56.5 cm³/mol. The first-order valence-electron chi connectivity index (χ1n) is 5.13. The number of hydrogen-bond acceptors (Lipinski definition) is 4. The monoisotopic (exact) mass is 263 g/mol. The molecular formula is C11H12F3NO3. The third kappa shape index (κ3) is 2.73. The summed E-state index contributed by atoms with van der Waals surface area (Å²) in [6.45, 7) is 1.37. The van der Waals surface area contributed by atoms with Gasteiger partial charge in [-0.25, -0.2) is 18.0 Å². The Morgan fingerprint density at radius 1 is 1.44 bits per heavy atom. The second-order valence-corrected chi connectivity index (χ2v) is 3.47. The quantitative estimate of drug-likeness (QED) is 0.809. The van der Waals surface area contributed by atoms with E-state index in [-0.39, 0.29) is 6.61 Å². The summed E-state index contributed by atoms with van der Waals surface area (Å²) in [6.07, 6.45) is -2.40. The molecule has 0 heterocycles. The summed E-state index contributed by atoms with van der Waals surface area (Å²) in [5.41, 5.74) is 4.50. The summed E-state index contributed by atoms with van der Waals surface area (Å²) in [5, 5.41) is 9.30. The lowest BCUT2D eigenvalue weighted by Crippen LogP contribution is -2.32. The molecule has 3 N–H and O–H groups in total. The number of phenolic OH excluding ortho intramolecular Hbond substituents is 1. The van der Waals surface area contributed by atoms with Crippen LogP contribution in [0.25, 0.3) is 0 Å². The average Bonchev–Trinajstić information content (AvgIpc) is 2.33. The van der Waals surface area contributed by atoms with E-state index in [1.165, 1.54) is 6.92 Å². The Morgan fingerprint density at radius 3 is 2.56 bits per heavy atom. The first kappa shape index (κ1) is 14.3. The van der Waals surface area contributed by atoms with Gasteiger partial charge in [-0.05, 0) is 19.1 Å². The number of halogens is 3. The summed E-state index contributed by atoms with van der Waals surface area (Å²) in [6, 6.07) is -0.500. The highest BCUT2D eigenvalue weighted by atomic mass is 19.1. The van der Waals surface area contributed by atoms with Crippen LogP contribution in [0.2, 0.25) is 0 Å². The lowest BCUT2D eigenvalue weighted by molar-refractivity contribution is -0.150. The molecule has 1 unspecified atom stereocenters. The van der Waals surface area contributed by atoms with Gasteiger partial charge < -0.3 is 15.6 Å². The normalized spacial score (nSPS) is 14.1. The summed E-state index contributed by atoms with van der Waals surface area (Å²) < 4.78 is 44.3. The van der Waals surface area contributed by atoms with E-state index in [4.69, 9.17) is 5.73 Å². The lowest BCUT2D eigenvalue weighted by atomic mass is 10.0. The van der Waals surface area contributed by atoms with Crippen LogP contribution >= 0.6 is 0 Å². The van der Waals surface area contributed by atoms with Crippen molar-refractivity contribution in [1.29, 1.82) is 0 Å². The molecule has 0 aromatic heterocycles. The van der Waals surface area contributed by atoms with Gasteiger partial charge in [-0.3, -0.25) is 0 Å². The summed E-state index contributed by atoms with van der Waals surface area (Å²) >= 11 is 0. The van der Waals surface area contributed by atoms with Crippen molar-refractivity contribution < 1.29 is 27.8 Å². The van der Waals surface area contributed by atoms with Crippen LogP contribution in [0.1, 0.15) is 18.5 Å². The van der Waals surface area contributed by atoms with E-state index in [2.05, 4.69) is 4.74 Å². The summed E-state index contributed by atoms with van der Waals surface area (Å²) in [4.78, 5) is 11.1.